The Labute approximate surface area is 109 Å². The molecule has 1 aliphatic rings. The highest BCUT2D eigenvalue weighted by molar-refractivity contribution is 5.78. The third-order valence-corrected chi connectivity index (χ3v) is 3.35. The van der Waals surface area contributed by atoms with Crippen molar-refractivity contribution in [2.45, 2.75) is 26.3 Å². The van der Waals surface area contributed by atoms with E-state index in [2.05, 4.69) is 29.3 Å². The summed E-state index contributed by atoms with van der Waals surface area (Å²) in [6, 6.07) is 10.3. The summed E-state index contributed by atoms with van der Waals surface area (Å²) in [5.74, 6) is 0.901. The second kappa shape index (κ2) is 6.55. The van der Waals surface area contributed by atoms with Gasteiger partial charge < -0.3 is 5.32 Å². The van der Waals surface area contributed by atoms with Gasteiger partial charge in [0.2, 0.25) is 5.91 Å². The van der Waals surface area contributed by atoms with E-state index in [9.17, 15) is 4.79 Å². The van der Waals surface area contributed by atoms with Crippen LogP contribution in [0, 0.1) is 5.92 Å². The van der Waals surface area contributed by atoms with Gasteiger partial charge in [0.25, 0.3) is 0 Å². The second-order valence-corrected chi connectivity index (χ2v) is 5.04. The first-order valence-corrected chi connectivity index (χ1v) is 6.81. The van der Waals surface area contributed by atoms with Crippen molar-refractivity contribution in [3.05, 3.63) is 35.9 Å². The van der Waals surface area contributed by atoms with Gasteiger partial charge in [-0.25, -0.2) is 0 Å². The molecule has 1 aliphatic carbocycles. The van der Waals surface area contributed by atoms with Crippen molar-refractivity contribution in [1.82, 2.24) is 10.2 Å². The fourth-order valence-electron chi connectivity index (χ4n) is 1.96. The van der Waals surface area contributed by atoms with E-state index in [0.717, 1.165) is 25.6 Å². The molecule has 1 saturated carbocycles. The molecule has 0 bridgehead atoms. The Bertz CT molecular complexity index is 373. The molecule has 1 N–H and O–H groups in total. The molecule has 3 nitrogen and oxygen atoms in total. The van der Waals surface area contributed by atoms with Gasteiger partial charge in [-0.05, 0) is 30.9 Å². The minimum atomic E-state index is 0.152. The molecule has 0 atom stereocenters. The lowest BCUT2D eigenvalue weighted by Gasteiger charge is -2.19. The quantitative estimate of drug-likeness (QED) is 0.798. The maximum atomic E-state index is 11.8. The Morgan fingerprint density at radius 1 is 1.33 bits per heavy atom. The fraction of sp³-hybridized carbons (Fsp3) is 0.533. The van der Waals surface area contributed by atoms with Gasteiger partial charge in [-0.2, -0.15) is 0 Å². The van der Waals surface area contributed by atoms with Crippen LogP contribution in [0.1, 0.15) is 25.3 Å². The number of hydrogen-bond acceptors (Lipinski definition) is 2. The maximum absolute atomic E-state index is 11.8. The van der Waals surface area contributed by atoms with Gasteiger partial charge in [0, 0.05) is 13.1 Å². The monoisotopic (exact) mass is 246 g/mol. The minimum Gasteiger partial charge on any atom is -0.355 e. The van der Waals surface area contributed by atoms with Crippen LogP contribution in [0.3, 0.4) is 0 Å². The standard InChI is InChI=1S/C15H22N2O/c1-2-17(11-14-6-4-3-5-7-14)12-15(18)16-10-13-8-9-13/h3-7,13H,2,8-12H2,1H3,(H,16,18). The Hall–Kier alpha value is -1.35. The maximum Gasteiger partial charge on any atom is 0.234 e. The predicted molar refractivity (Wildman–Crippen MR) is 73.1 cm³/mol. The topological polar surface area (TPSA) is 32.3 Å². The molecule has 1 fully saturated rings. The number of hydrogen-bond donors (Lipinski definition) is 1. The number of benzene rings is 1. The zero-order valence-electron chi connectivity index (χ0n) is 11.1. The molecule has 3 heteroatoms. The zero-order chi connectivity index (χ0) is 12.8. The van der Waals surface area contributed by atoms with Crippen molar-refractivity contribution in [2.75, 3.05) is 19.6 Å². The number of rotatable bonds is 7. The fourth-order valence-corrected chi connectivity index (χ4v) is 1.96. The summed E-state index contributed by atoms with van der Waals surface area (Å²) >= 11 is 0. The lowest BCUT2D eigenvalue weighted by atomic mass is 10.2. The van der Waals surface area contributed by atoms with E-state index in [1.807, 2.05) is 18.2 Å². The molecule has 0 aliphatic heterocycles. The molecule has 1 amide bonds. The van der Waals surface area contributed by atoms with Gasteiger partial charge in [-0.15, -0.1) is 0 Å². The van der Waals surface area contributed by atoms with Crippen LogP contribution in [0.4, 0.5) is 0 Å². The van der Waals surface area contributed by atoms with Gasteiger partial charge in [0.15, 0.2) is 0 Å². The molecular formula is C15H22N2O. The number of carbonyl (C=O) groups is 1. The number of amides is 1. The Morgan fingerprint density at radius 2 is 2.06 bits per heavy atom. The van der Waals surface area contributed by atoms with E-state index in [1.165, 1.54) is 18.4 Å². The Balaban J connectivity index is 1.75. The summed E-state index contributed by atoms with van der Waals surface area (Å²) in [5.41, 5.74) is 1.26. The lowest BCUT2D eigenvalue weighted by Crippen LogP contribution is -2.37. The van der Waals surface area contributed by atoms with Crippen LogP contribution in [0.2, 0.25) is 0 Å². The minimum absolute atomic E-state index is 0.152. The van der Waals surface area contributed by atoms with Gasteiger partial charge in [-0.1, -0.05) is 37.3 Å². The SMILES string of the molecule is CCN(CC(=O)NCC1CC1)Cc1ccccc1. The highest BCUT2D eigenvalue weighted by Crippen LogP contribution is 2.27. The largest absolute Gasteiger partial charge is 0.355 e. The Kier molecular flexibility index (Phi) is 4.76. The highest BCUT2D eigenvalue weighted by Gasteiger charge is 2.21. The average molecular weight is 246 g/mol. The first kappa shape index (κ1) is 13.1. The summed E-state index contributed by atoms with van der Waals surface area (Å²) in [6.45, 7) is 5.19. The number of nitrogens with zero attached hydrogens (tertiary/aromatic N) is 1. The summed E-state index contributed by atoms with van der Waals surface area (Å²) in [5, 5.41) is 3.01. The van der Waals surface area contributed by atoms with Crippen molar-refractivity contribution >= 4 is 5.91 Å². The van der Waals surface area contributed by atoms with Crippen LogP contribution >= 0.6 is 0 Å². The van der Waals surface area contributed by atoms with E-state index < -0.39 is 0 Å². The molecule has 0 unspecified atom stereocenters. The first-order valence-electron chi connectivity index (χ1n) is 6.81. The first-order chi connectivity index (χ1) is 8.78. The summed E-state index contributed by atoms with van der Waals surface area (Å²) in [6.07, 6.45) is 2.56. The van der Waals surface area contributed by atoms with Crippen molar-refractivity contribution in [3.8, 4) is 0 Å². The van der Waals surface area contributed by atoms with Gasteiger partial charge in [0.05, 0.1) is 6.54 Å². The summed E-state index contributed by atoms with van der Waals surface area (Å²) in [7, 11) is 0. The average Bonchev–Trinajstić information content (AvgIpc) is 3.21. The predicted octanol–water partition coefficient (Wildman–Crippen LogP) is 2.03. The van der Waals surface area contributed by atoms with E-state index in [0.29, 0.717) is 6.54 Å². The summed E-state index contributed by atoms with van der Waals surface area (Å²) < 4.78 is 0. The normalized spacial score (nSPS) is 14.8. The van der Waals surface area contributed by atoms with Gasteiger partial charge in [0.1, 0.15) is 0 Å². The second-order valence-electron chi connectivity index (χ2n) is 5.04. The van der Waals surface area contributed by atoms with Crippen molar-refractivity contribution < 1.29 is 4.79 Å². The van der Waals surface area contributed by atoms with Crippen LogP contribution in [-0.2, 0) is 11.3 Å². The van der Waals surface area contributed by atoms with E-state index in [-0.39, 0.29) is 5.91 Å². The number of likely N-dealkylation sites (N-methyl/N-ethyl adjacent to an activating group) is 1. The smallest absolute Gasteiger partial charge is 0.234 e. The zero-order valence-corrected chi connectivity index (χ0v) is 11.1. The molecule has 1 aromatic rings. The molecule has 1 aromatic carbocycles. The van der Waals surface area contributed by atoms with Crippen molar-refractivity contribution in [1.29, 1.82) is 0 Å². The van der Waals surface area contributed by atoms with Crippen LogP contribution in [0.5, 0.6) is 0 Å². The number of nitrogens with one attached hydrogen (secondary N) is 1. The molecule has 98 valence electrons. The lowest BCUT2D eigenvalue weighted by molar-refractivity contribution is -0.122. The molecule has 0 heterocycles. The van der Waals surface area contributed by atoms with Crippen LogP contribution in [0.15, 0.2) is 30.3 Å². The molecule has 2 rings (SSSR count). The van der Waals surface area contributed by atoms with Crippen molar-refractivity contribution in [2.24, 2.45) is 5.92 Å². The van der Waals surface area contributed by atoms with Crippen LogP contribution < -0.4 is 5.32 Å². The van der Waals surface area contributed by atoms with Crippen LogP contribution in [0.25, 0.3) is 0 Å². The molecule has 0 saturated heterocycles. The van der Waals surface area contributed by atoms with Gasteiger partial charge >= 0.3 is 0 Å². The van der Waals surface area contributed by atoms with E-state index in [1.54, 1.807) is 0 Å². The number of carbonyl (C=O) groups excluding carboxylic acids is 1. The summed E-state index contributed by atoms with van der Waals surface area (Å²) in [4.78, 5) is 13.9. The molecule has 0 spiro atoms. The molecule has 0 radical (unpaired) electrons. The van der Waals surface area contributed by atoms with Gasteiger partial charge in [-0.3, -0.25) is 9.69 Å². The van der Waals surface area contributed by atoms with E-state index in [4.69, 9.17) is 0 Å². The van der Waals surface area contributed by atoms with E-state index >= 15 is 0 Å². The van der Waals surface area contributed by atoms with Crippen molar-refractivity contribution in [3.63, 3.8) is 0 Å². The molecule has 18 heavy (non-hydrogen) atoms. The molecular weight excluding hydrogens is 224 g/mol. The Morgan fingerprint density at radius 3 is 2.67 bits per heavy atom. The third kappa shape index (κ3) is 4.49. The highest BCUT2D eigenvalue weighted by atomic mass is 16.2. The van der Waals surface area contributed by atoms with Crippen LogP contribution in [-0.4, -0.2) is 30.4 Å². The molecule has 0 aromatic heterocycles. The third-order valence-electron chi connectivity index (χ3n) is 3.35.